The van der Waals surface area contributed by atoms with Crippen molar-refractivity contribution in [1.29, 1.82) is 0 Å². The van der Waals surface area contributed by atoms with Gasteiger partial charge in [0.05, 0.1) is 63.8 Å². The number of aromatic nitrogens is 4. The molecule has 2 aliphatic heterocycles. The van der Waals surface area contributed by atoms with E-state index in [1.54, 1.807) is 50.4 Å². The van der Waals surface area contributed by atoms with Crippen molar-refractivity contribution in [3.05, 3.63) is 225 Å². The molecule has 105 heavy (non-hydrogen) atoms. The number of pyridine rings is 4. The van der Waals surface area contributed by atoms with Crippen molar-refractivity contribution in [2.75, 3.05) is 45.6 Å². The van der Waals surface area contributed by atoms with Crippen LogP contribution in [0.25, 0.3) is 86.7 Å². The van der Waals surface area contributed by atoms with Crippen molar-refractivity contribution in [1.82, 2.24) is 40.0 Å². The molecule has 0 unspecified atom stereocenters. The SMILES string of the molecule is CCCCCN1C(=O)c2ccc3c4ncc(C(=O)OCC)c5c(C(=O)N(CCc6ccccc6)Cc6ccc(C)cc6)ccc(c6ncc(c2c36)C1=O)c54.CCCCCN1C(=O)c2ccc3c4ncc(C(=O)OCC)c5c(C(=O)NCCc6ccccc6)ccc(c6ncc(c2c36)C1=O)c54.CS(=O)(=O)O. The third-order valence-corrected chi connectivity index (χ3v) is 19.3. The van der Waals surface area contributed by atoms with Gasteiger partial charge in [-0.1, -0.05) is 154 Å². The molecule has 4 aromatic heterocycles. The van der Waals surface area contributed by atoms with E-state index in [9.17, 15) is 46.8 Å². The minimum absolute atomic E-state index is 0.147. The molecule has 0 atom stereocenters. The summed E-state index contributed by atoms with van der Waals surface area (Å²) in [7, 11) is -3.67. The number of rotatable bonds is 22. The van der Waals surface area contributed by atoms with Crippen LogP contribution in [0.5, 0.6) is 0 Å². The Labute approximate surface area is 605 Å². The van der Waals surface area contributed by atoms with Crippen molar-refractivity contribution in [2.24, 2.45) is 0 Å². The summed E-state index contributed by atoms with van der Waals surface area (Å²) in [6.07, 6.45) is 13.3. The highest BCUT2D eigenvalue weighted by Gasteiger charge is 2.38. The number of ether oxygens (including phenoxy) is 2. The van der Waals surface area contributed by atoms with Crippen LogP contribution in [0, 0.1) is 6.92 Å². The largest absolute Gasteiger partial charge is 0.462 e. The highest BCUT2D eigenvalue weighted by Crippen LogP contribution is 2.46. The molecule has 15 rings (SSSR count). The van der Waals surface area contributed by atoms with Crippen molar-refractivity contribution in [3.8, 4) is 0 Å². The first kappa shape index (κ1) is 71.6. The maximum absolute atomic E-state index is 14.9. The van der Waals surface area contributed by atoms with E-state index in [1.807, 2.05) is 115 Å². The highest BCUT2D eigenvalue weighted by molar-refractivity contribution is 7.85. The van der Waals surface area contributed by atoms with Crippen LogP contribution >= 0.6 is 0 Å². The normalized spacial score (nSPS) is 12.8. The molecule has 0 radical (unpaired) electrons. The van der Waals surface area contributed by atoms with Gasteiger partial charge < -0.3 is 19.7 Å². The first-order valence-electron chi connectivity index (χ1n) is 35.3. The van der Waals surface area contributed by atoms with E-state index in [2.05, 4.69) is 19.2 Å². The predicted molar refractivity (Wildman–Crippen MR) is 404 cm³/mol. The molecule has 0 bridgehead atoms. The summed E-state index contributed by atoms with van der Waals surface area (Å²) in [4.78, 5) is 134. The Kier molecular flexibility index (Phi) is 20.7. The zero-order chi connectivity index (χ0) is 74.0. The Bertz CT molecular complexity index is 5610. The molecule has 6 heterocycles. The van der Waals surface area contributed by atoms with Crippen LogP contribution in [0.1, 0.15) is 171 Å². The number of benzene rings is 9. The first-order valence-corrected chi connectivity index (χ1v) is 37.1. The Morgan fingerprint density at radius 1 is 0.457 bits per heavy atom. The number of carbonyl (C=O) groups excluding carboxylic acids is 8. The third-order valence-electron chi connectivity index (χ3n) is 19.3. The van der Waals surface area contributed by atoms with Crippen molar-refractivity contribution in [2.45, 2.75) is 92.5 Å². The van der Waals surface area contributed by atoms with E-state index in [0.717, 1.165) is 60.8 Å². The summed E-state index contributed by atoms with van der Waals surface area (Å²) in [5, 5.41) is 10.2. The molecular weight excluding hydrogens is 1350 g/mol. The number of amides is 6. The fourth-order valence-electron chi connectivity index (χ4n) is 14.4. The minimum atomic E-state index is -3.67. The number of hydrogen-bond donors (Lipinski definition) is 2. The minimum Gasteiger partial charge on any atom is -0.462 e. The Hall–Kier alpha value is -11.8. The predicted octanol–water partition coefficient (Wildman–Crippen LogP) is 14.7. The number of nitrogens with zero attached hydrogens (tertiary/aromatic N) is 7. The molecule has 0 fully saturated rings. The quantitative estimate of drug-likeness (QED) is 0.0159. The summed E-state index contributed by atoms with van der Waals surface area (Å²) in [6, 6.07) is 42.3. The molecule has 22 heteroatoms. The summed E-state index contributed by atoms with van der Waals surface area (Å²) in [5.74, 6) is -3.07. The van der Waals surface area contributed by atoms with Gasteiger partial charge in [0, 0.05) is 144 Å². The number of hydrogen-bond acceptors (Lipinski definition) is 16. The first-order chi connectivity index (χ1) is 50.7. The molecule has 0 saturated carbocycles. The van der Waals surface area contributed by atoms with E-state index in [-0.39, 0.29) is 59.8 Å². The summed E-state index contributed by atoms with van der Waals surface area (Å²) < 4.78 is 36.8. The zero-order valence-electron chi connectivity index (χ0n) is 59.0. The fraction of sp³-hybridized carbons (Fsp3) is 0.253. The van der Waals surface area contributed by atoms with E-state index in [0.29, 0.717) is 172 Å². The number of aryl methyl sites for hydroxylation is 1. The molecule has 13 aromatic rings. The van der Waals surface area contributed by atoms with Crippen LogP contribution < -0.4 is 5.32 Å². The van der Waals surface area contributed by atoms with Crippen LogP contribution in [0.15, 0.2) is 158 Å². The van der Waals surface area contributed by atoms with E-state index >= 15 is 0 Å². The lowest BCUT2D eigenvalue weighted by molar-refractivity contribution is 0.0518. The summed E-state index contributed by atoms with van der Waals surface area (Å²) >= 11 is 0. The van der Waals surface area contributed by atoms with Crippen molar-refractivity contribution in [3.63, 3.8) is 0 Å². The Balaban J connectivity index is 0.000000177. The molecule has 21 nitrogen and oxygen atoms in total. The van der Waals surface area contributed by atoms with E-state index in [1.165, 1.54) is 28.4 Å². The highest BCUT2D eigenvalue weighted by atomic mass is 32.2. The lowest BCUT2D eigenvalue weighted by atomic mass is 9.87. The van der Waals surface area contributed by atoms with Crippen LogP contribution in [0.4, 0.5) is 0 Å². The van der Waals surface area contributed by atoms with Gasteiger partial charge in [0.15, 0.2) is 0 Å². The zero-order valence-corrected chi connectivity index (χ0v) is 59.8. The van der Waals surface area contributed by atoms with Gasteiger partial charge in [-0.2, -0.15) is 8.42 Å². The van der Waals surface area contributed by atoms with Gasteiger partial charge in [-0.25, -0.2) is 9.59 Å². The van der Waals surface area contributed by atoms with E-state index in [4.69, 9.17) is 34.0 Å². The standard InChI is InChI=1S/C45H40N4O5.C37H32N4O5.CH4O3S/c1-4-6-10-22-49-43(51)33-20-18-30-38-36(33)34(44(49)52)24-46-40(38)31-17-19-32(37-35(45(53)54-5-2)25-47-41(30)39(31)37)42(50)48(23-21-28-11-8-7-9-12-28)26-29-15-13-27(3)14-16-29;1-3-5-9-18-41-35(43)25-15-13-23-31-29(25)26(36(41)44)19-39-33(31)22-12-14-24(34(42)38-17-16-21-10-7-6-8-11-21)28-27(37(45)46-4-2)20-40-32(23)30(22)28;1-5(2,3)4/h7-9,11-20,24-25H,4-6,10,21-23,26H2,1-3H3;6-8,10-15,19-20H,3-5,9,16-18H2,1-2H3,(H,38,42);1H3,(H,2,3,4). The van der Waals surface area contributed by atoms with Crippen molar-refractivity contribution < 1.29 is 60.8 Å². The van der Waals surface area contributed by atoms with Gasteiger partial charge in [0.2, 0.25) is 0 Å². The van der Waals surface area contributed by atoms with Crippen LogP contribution in [-0.2, 0) is 39.0 Å². The Morgan fingerprint density at radius 3 is 1.30 bits per heavy atom. The van der Waals surface area contributed by atoms with Gasteiger partial charge in [0.1, 0.15) is 0 Å². The van der Waals surface area contributed by atoms with Gasteiger partial charge in [-0.3, -0.25) is 63.1 Å². The number of unbranched alkanes of at least 4 members (excludes halogenated alkanes) is 4. The topological polar surface area (TPSA) is 283 Å². The number of imide groups is 2. The molecule has 6 amide bonds. The monoisotopic (exact) mass is 1420 g/mol. The average molecular weight is 1430 g/mol. The number of esters is 2. The van der Waals surface area contributed by atoms with Gasteiger partial charge in [-0.15, -0.1) is 0 Å². The number of nitrogens with one attached hydrogen (secondary N) is 1. The van der Waals surface area contributed by atoms with Crippen LogP contribution in [0.2, 0.25) is 0 Å². The van der Waals surface area contributed by atoms with Crippen LogP contribution in [0.3, 0.4) is 0 Å². The lowest BCUT2D eigenvalue weighted by Gasteiger charge is -2.28. The molecule has 532 valence electrons. The van der Waals surface area contributed by atoms with Crippen LogP contribution in [-0.4, -0.2) is 141 Å². The smallest absolute Gasteiger partial charge is 0.340 e. The second-order valence-electron chi connectivity index (χ2n) is 26.3. The lowest BCUT2D eigenvalue weighted by Crippen LogP contribution is -2.41. The summed E-state index contributed by atoms with van der Waals surface area (Å²) in [6.45, 7) is 11.9. The molecule has 2 aliphatic rings. The molecule has 9 aromatic carbocycles. The van der Waals surface area contributed by atoms with E-state index < -0.39 is 22.1 Å². The second kappa shape index (κ2) is 30.3. The number of carbonyl (C=O) groups is 8. The molecule has 0 spiro atoms. The second-order valence-corrected chi connectivity index (χ2v) is 27.7. The average Bonchev–Trinajstić information content (AvgIpc) is 0.701. The Morgan fingerprint density at radius 2 is 0.857 bits per heavy atom. The number of fused-ring (bicyclic) bond motifs is 4. The third kappa shape index (κ3) is 13.8. The molecule has 0 aliphatic carbocycles. The maximum Gasteiger partial charge on any atom is 0.340 e. The van der Waals surface area contributed by atoms with Crippen molar-refractivity contribution >= 4 is 144 Å². The maximum atomic E-state index is 14.9. The van der Waals surface area contributed by atoms with Gasteiger partial charge >= 0.3 is 11.9 Å². The molecule has 0 saturated heterocycles. The van der Waals surface area contributed by atoms with Gasteiger partial charge in [0.25, 0.3) is 45.6 Å². The fourth-order valence-corrected chi connectivity index (χ4v) is 14.4. The molecular formula is C83H76N8O13S. The summed E-state index contributed by atoms with van der Waals surface area (Å²) in [5.41, 5.74) is 9.21. The van der Waals surface area contributed by atoms with Gasteiger partial charge in [-0.05, 0) is 87.4 Å². The molecule has 2 N–H and O–H groups in total.